The summed E-state index contributed by atoms with van der Waals surface area (Å²) in [6, 6.07) is 7.35. The van der Waals surface area contributed by atoms with Crippen LogP contribution >= 0.6 is 11.6 Å². The fourth-order valence-electron chi connectivity index (χ4n) is 13.3. The molecule has 2 N–H and O–H groups in total. The summed E-state index contributed by atoms with van der Waals surface area (Å²) in [5, 5.41) is 13.4. The lowest BCUT2D eigenvalue weighted by Gasteiger charge is -2.70. The summed E-state index contributed by atoms with van der Waals surface area (Å²) in [4.78, 5) is 52.3. The Morgan fingerprint density at radius 2 is 1.50 bits per heavy atom. The summed E-state index contributed by atoms with van der Waals surface area (Å²) < 4.78 is 6.16. The van der Waals surface area contributed by atoms with E-state index < -0.39 is 22.8 Å². The molecule has 0 radical (unpaired) electrons. The zero-order valence-electron chi connectivity index (χ0n) is 34.4. The van der Waals surface area contributed by atoms with E-state index in [1.165, 1.54) is 5.57 Å². The van der Waals surface area contributed by atoms with Crippen molar-refractivity contribution in [3.63, 3.8) is 0 Å². The van der Waals surface area contributed by atoms with E-state index in [9.17, 15) is 24.3 Å². The molecule has 0 aromatic heterocycles. The van der Waals surface area contributed by atoms with Gasteiger partial charge in [0.2, 0.25) is 5.91 Å². The fraction of sp³-hybridized carbons (Fsp3) is 0.696. The molecule has 4 saturated carbocycles. The van der Waals surface area contributed by atoms with E-state index in [0.29, 0.717) is 29.2 Å². The summed E-state index contributed by atoms with van der Waals surface area (Å²) in [5.74, 6) is 0.0452. The van der Waals surface area contributed by atoms with Crippen molar-refractivity contribution in [2.45, 2.75) is 146 Å². The van der Waals surface area contributed by atoms with Gasteiger partial charge >= 0.3 is 11.9 Å². The molecule has 0 bridgehead atoms. The van der Waals surface area contributed by atoms with Gasteiger partial charge in [-0.3, -0.25) is 19.2 Å². The van der Waals surface area contributed by atoms with Crippen molar-refractivity contribution in [1.82, 2.24) is 5.32 Å². The molecule has 8 heteroatoms. The lowest BCUT2D eigenvalue weighted by Crippen LogP contribution is -2.64. The molecule has 1 aromatic rings. The summed E-state index contributed by atoms with van der Waals surface area (Å²) in [5.41, 5.74) is 1.41. The number of Topliss-reactive ketones (excluding diaryl/α,β-unsaturated/α-hetero) is 1. The summed E-state index contributed by atoms with van der Waals surface area (Å²) in [6.45, 7) is 21.5. The van der Waals surface area contributed by atoms with E-state index in [1.54, 1.807) is 19.9 Å². The summed E-state index contributed by atoms with van der Waals surface area (Å²) in [7, 11) is 0. The van der Waals surface area contributed by atoms with E-state index >= 15 is 0 Å². The number of hydrogen-bond donors (Lipinski definition) is 2. The number of hydrogen-bond acceptors (Lipinski definition) is 5. The monoisotopic (exact) mass is 761 g/mol. The number of fused-ring (bicyclic) bond motifs is 7. The molecule has 1 amide bonds. The van der Waals surface area contributed by atoms with Crippen LogP contribution in [0.15, 0.2) is 47.6 Å². The third-order valence-electron chi connectivity index (χ3n) is 15.8. The molecule has 5 aliphatic carbocycles. The van der Waals surface area contributed by atoms with Crippen LogP contribution in [0, 0.1) is 56.2 Å². The molecular formula is C46H64ClNO6. The molecule has 0 heterocycles. The zero-order chi connectivity index (χ0) is 39.8. The van der Waals surface area contributed by atoms with Crippen molar-refractivity contribution in [1.29, 1.82) is 0 Å². The van der Waals surface area contributed by atoms with E-state index in [-0.39, 0.29) is 57.8 Å². The van der Waals surface area contributed by atoms with Gasteiger partial charge in [-0.05, 0) is 147 Å². The van der Waals surface area contributed by atoms with Crippen LogP contribution in [0.25, 0.3) is 0 Å². The highest BCUT2D eigenvalue weighted by atomic mass is 35.5. The molecule has 4 fully saturated rings. The number of esters is 1. The number of rotatable bonds is 9. The van der Waals surface area contributed by atoms with Crippen LogP contribution < -0.4 is 5.32 Å². The zero-order valence-corrected chi connectivity index (χ0v) is 35.1. The van der Waals surface area contributed by atoms with Crippen LogP contribution in [0.3, 0.4) is 0 Å². The van der Waals surface area contributed by atoms with E-state index in [1.807, 2.05) is 31.2 Å². The number of ether oxygens (including phenoxy) is 1. The number of carboxylic acid groups (broad SMARTS) is 1. The number of benzene rings is 1. The highest BCUT2D eigenvalue weighted by molar-refractivity contribution is 6.30. The van der Waals surface area contributed by atoms with Crippen LogP contribution in [0.4, 0.5) is 0 Å². The SMILES string of the molecule is CC(C)C1=C2[C@@](/C=C/C(=O)N[C@@H](C)c3ccc(Cl)cc3)(CC[C@H]3[C@]4(C)CC[C@H]5C(C)(C)[C@@H](OC(=O)CC(C)(C)C(=O)O)CC[C@]5(C)[C@H]4CC[C@]23C)CC1=O. The van der Waals surface area contributed by atoms with Crippen LogP contribution in [-0.4, -0.2) is 34.8 Å². The number of amides is 1. The van der Waals surface area contributed by atoms with E-state index in [4.69, 9.17) is 16.3 Å². The standard InChI is InChI=1S/C46H64ClNO6/c1-27(2)38-31(49)25-46(24-19-36(50)48-28(3)29-11-13-30(47)14-12-29)23-17-34-44(9)20-15-32-42(6,7)35(54-37(51)26-41(4,5)40(52)53)18-22-43(32,8)33(44)16-21-45(34,10)39(38)46/h11-14,19,24,27-28,32-35H,15-18,20-23,25-26H2,1-10H3,(H,48,50)(H,52,53)/b24-19+/t28-,32-,33+,34-,35-,43-,44+,45-,46+/m0/s1. The Morgan fingerprint density at radius 3 is 2.13 bits per heavy atom. The normalized spacial score (nSPS) is 36.6. The second-order valence-electron chi connectivity index (χ2n) is 20.2. The first-order valence-electron chi connectivity index (χ1n) is 20.5. The van der Waals surface area contributed by atoms with Crippen LogP contribution in [-0.2, 0) is 23.9 Å². The van der Waals surface area contributed by atoms with Gasteiger partial charge in [0.1, 0.15) is 6.10 Å². The third-order valence-corrected chi connectivity index (χ3v) is 16.1. The number of aliphatic carboxylic acids is 1. The van der Waals surface area contributed by atoms with Crippen LogP contribution in [0.2, 0.25) is 5.02 Å². The summed E-state index contributed by atoms with van der Waals surface area (Å²) >= 11 is 6.09. The third kappa shape index (κ3) is 6.60. The lowest BCUT2D eigenvalue weighted by molar-refractivity contribution is -0.221. The summed E-state index contributed by atoms with van der Waals surface area (Å²) in [6.07, 6.45) is 11.7. The maximum absolute atomic E-state index is 14.1. The van der Waals surface area contributed by atoms with Crippen molar-refractivity contribution in [2.24, 2.45) is 56.2 Å². The number of allylic oxidation sites excluding steroid dienone is 3. The maximum Gasteiger partial charge on any atom is 0.309 e. The molecule has 6 rings (SSSR count). The first-order chi connectivity index (χ1) is 25.0. The van der Waals surface area contributed by atoms with Gasteiger partial charge in [-0.25, -0.2) is 0 Å². The second-order valence-corrected chi connectivity index (χ2v) is 20.7. The highest BCUT2D eigenvalue weighted by Crippen LogP contribution is 2.76. The Kier molecular flexibility index (Phi) is 10.5. The molecule has 7 nitrogen and oxygen atoms in total. The van der Waals surface area contributed by atoms with E-state index in [2.05, 4.69) is 59.9 Å². The van der Waals surface area contributed by atoms with Gasteiger partial charge in [0.15, 0.2) is 5.78 Å². The molecule has 0 spiro atoms. The first-order valence-corrected chi connectivity index (χ1v) is 20.9. The minimum Gasteiger partial charge on any atom is -0.481 e. The topological polar surface area (TPSA) is 110 Å². The molecule has 0 saturated heterocycles. The smallest absolute Gasteiger partial charge is 0.309 e. The molecule has 0 unspecified atom stereocenters. The number of carbonyl (C=O) groups excluding carboxylic acids is 3. The van der Waals surface area contributed by atoms with Gasteiger partial charge in [0.05, 0.1) is 17.9 Å². The number of halogens is 1. The second kappa shape index (κ2) is 13.9. The van der Waals surface area contributed by atoms with Gasteiger partial charge < -0.3 is 15.2 Å². The molecule has 5 aliphatic rings. The number of carbonyl (C=O) groups is 4. The van der Waals surface area contributed by atoms with Crippen molar-refractivity contribution < 1.29 is 29.0 Å². The largest absolute Gasteiger partial charge is 0.481 e. The minimum atomic E-state index is -1.17. The first kappa shape index (κ1) is 40.7. The van der Waals surface area contributed by atoms with Crippen molar-refractivity contribution in [3.8, 4) is 0 Å². The quantitative estimate of drug-likeness (QED) is 0.192. The maximum atomic E-state index is 14.1. The molecule has 9 atom stereocenters. The Balaban J connectivity index is 1.26. The predicted molar refractivity (Wildman–Crippen MR) is 212 cm³/mol. The highest BCUT2D eigenvalue weighted by Gasteiger charge is 2.69. The van der Waals surface area contributed by atoms with E-state index in [0.717, 1.165) is 62.5 Å². The minimum absolute atomic E-state index is 0.0646. The van der Waals surface area contributed by atoms with Gasteiger partial charge in [-0.1, -0.05) is 78.3 Å². The van der Waals surface area contributed by atoms with Crippen LogP contribution in [0.5, 0.6) is 0 Å². The van der Waals surface area contributed by atoms with Crippen LogP contribution in [0.1, 0.15) is 145 Å². The lowest BCUT2D eigenvalue weighted by atomic mass is 9.34. The van der Waals surface area contributed by atoms with Crippen molar-refractivity contribution in [2.75, 3.05) is 0 Å². The Labute approximate surface area is 328 Å². The molecule has 296 valence electrons. The Hall–Kier alpha value is -2.93. The van der Waals surface area contributed by atoms with Crippen molar-refractivity contribution >= 4 is 35.2 Å². The average Bonchev–Trinajstić information content (AvgIpc) is 3.38. The predicted octanol–water partition coefficient (Wildman–Crippen LogP) is 10.5. The molecule has 54 heavy (non-hydrogen) atoms. The van der Waals surface area contributed by atoms with Gasteiger partial charge in [0, 0.05) is 22.3 Å². The number of nitrogens with one attached hydrogen (secondary N) is 1. The number of carboxylic acids is 1. The fourth-order valence-corrected chi connectivity index (χ4v) is 13.4. The van der Waals surface area contributed by atoms with Gasteiger partial charge in [-0.2, -0.15) is 0 Å². The van der Waals surface area contributed by atoms with Gasteiger partial charge in [0.25, 0.3) is 0 Å². The molecule has 1 aromatic carbocycles. The average molecular weight is 762 g/mol. The molecule has 0 aliphatic heterocycles. The number of ketones is 1. The van der Waals surface area contributed by atoms with Crippen molar-refractivity contribution in [3.05, 3.63) is 58.1 Å². The Bertz CT molecular complexity index is 1760. The Morgan fingerprint density at radius 1 is 0.907 bits per heavy atom. The molecular weight excluding hydrogens is 698 g/mol. The van der Waals surface area contributed by atoms with Gasteiger partial charge in [-0.15, -0.1) is 0 Å².